The Morgan fingerprint density at radius 2 is 2.21 bits per heavy atom. The first-order chi connectivity index (χ1) is 11.5. The van der Waals surface area contributed by atoms with Gasteiger partial charge in [-0.3, -0.25) is 9.78 Å². The zero-order chi connectivity index (χ0) is 17.3. The Morgan fingerprint density at radius 3 is 2.83 bits per heavy atom. The van der Waals surface area contributed by atoms with Crippen LogP contribution in [0.15, 0.2) is 29.7 Å². The second kappa shape index (κ2) is 6.40. The molecule has 0 radical (unpaired) electrons. The number of anilines is 1. The van der Waals surface area contributed by atoms with Crippen molar-refractivity contribution >= 4 is 23.7 Å². The van der Waals surface area contributed by atoms with Crippen LogP contribution in [0.4, 0.5) is 5.95 Å². The SMILES string of the molecule is CCOC(=O)C1C(c2ccncc2)Nc2nc(SC)nn2C1(C)O. The van der Waals surface area contributed by atoms with Crippen LogP contribution in [0.5, 0.6) is 0 Å². The third-order valence-electron chi connectivity index (χ3n) is 4.01. The fourth-order valence-electron chi connectivity index (χ4n) is 2.90. The van der Waals surface area contributed by atoms with Gasteiger partial charge in [-0.15, -0.1) is 5.10 Å². The zero-order valence-corrected chi connectivity index (χ0v) is 14.4. The van der Waals surface area contributed by atoms with Crippen LogP contribution in [-0.4, -0.2) is 43.7 Å². The van der Waals surface area contributed by atoms with E-state index in [9.17, 15) is 9.90 Å². The van der Waals surface area contributed by atoms with E-state index in [4.69, 9.17) is 4.74 Å². The highest BCUT2D eigenvalue weighted by molar-refractivity contribution is 7.98. The van der Waals surface area contributed by atoms with E-state index in [2.05, 4.69) is 20.4 Å². The van der Waals surface area contributed by atoms with Gasteiger partial charge in [0.2, 0.25) is 11.1 Å². The zero-order valence-electron chi connectivity index (χ0n) is 13.6. The molecule has 0 saturated carbocycles. The number of carbonyl (C=O) groups excluding carboxylic acids is 1. The molecule has 9 heteroatoms. The highest BCUT2D eigenvalue weighted by Gasteiger charge is 2.51. The summed E-state index contributed by atoms with van der Waals surface area (Å²) in [5.41, 5.74) is -0.773. The molecule has 2 N–H and O–H groups in total. The number of nitrogens with one attached hydrogen (secondary N) is 1. The van der Waals surface area contributed by atoms with E-state index in [0.717, 1.165) is 5.56 Å². The van der Waals surface area contributed by atoms with E-state index in [1.165, 1.54) is 16.4 Å². The minimum absolute atomic E-state index is 0.231. The fraction of sp³-hybridized carbons (Fsp3) is 0.467. The second-order valence-electron chi connectivity index (χ2n) is 5.56. The molecule has 0 saturated heterocycles. The number of aromatic nitrogens is 4. The highest BCUT2D eigenvalue weighted by Crippen LogP contribution is 2.42. The van der Waals surface area contributed by atoms with E-state index in [1.54, 1.807) is 38.4 Å². The number of thioether (sulfide) groups is 1. The summed E-state index contributed by atoms with van der Waals surface area (Å²) in [7, 11) is 0. The van der Waals surface area contributed by atoms with Crippen molar-refractivity contribution in [3.63, 3.8) is 0 Å². The fourth-order valence-corrected chi connectivity index (χ4v) is 3.24. The summed E-state index contributed by atoms with van der Waals surface area (Å²) in [4.78, 5) is 20.9. The summed E-state index contributed by atoms with van der Waals surface area (Å²) in [6.07, 6.45) is 5.13. The topological polar surface area (TPSA) is 102 Å². The van der Waals surface area contributed by atoms with Crippen molar-refractivity contribution in [2.24, 2.45) is 5.92 Å². The molecule has 0 aromatic carbocycles. The van der Waals surface area contributed by atoms with Gasteiger partial charge in [0.15, 0.2) is 5.72 Å². The van der Waals surface area contributed by atoms with Crippen LogP contribution in [0.2, 0.25) is 0 Å². The second-order valence-corrected chi connectivity index (χ2v) is 6.33. The molecule has 2 aromatic heterocycles. The van der Waals surface area contributed by atoms with Gasteiger partial charge >= 0.3 is 5.97 Å². The van der Waals surface area contributed by atoms with Crippen LogP contribution in [0.3, 0.4) is 0 Å². The molecule has 0 amide bonds. The maximum absolute atomic E-state index is 12.6. The first-order valence-corrected chi connectivity index (χ1v) is 8.78. The van der Waals surface area contributed by atoms with Crippen LogP contribution < -0.4 is 5.32 Å². The van der Waals surface area contributed by atoms with Gasteiger partial charge in [0, 0.05) is 12.4 Å². The van der Waals surface area contributed by atoms with E-state index < -0.39 is 23.7 Å². The van der Waals surface area contributed by atoms with Crippen LogP contribution in [0.25, 0.3) is 0 Å². The van der Waals surface area contributed by atoms with Crippen molar-refractivity contribution < 1.29 is 14.6 Å². The summed E-state index contributed by atoms with van der Waals surface area (Å²) in [5, 5.41) is 19.1. The summed E-state index contributed by atoms with van der Waals surface area (Å²) < 4.78 is 6.54. The molecular weight excluding hydrogens is 330 g/mol. The molecule has 24 heavy (non-hydrogen) atoms. The number of esters is 1. The van der Waals surface area contributed by atoms with Crippen molar-refractivity contribution in [1.29, 1.82) is 0 Å². The molecule has 2 aromatic rings. The third-order valence-corrected chi connectivity index (χ3v) is 4.55. The molecule has 3 unspecified atom stereocenters. The molecule has 3 heterocycles. The maximum Gasteiger partial charge on any atom is 0.316 e. The Bertz CT molecular complexity index is 734. The molecule has 8 nitrogen and oxygen atoms in total. The van der Waals surface area contributed by atoms with Crippen molar-refractivity contribution in [2.75, 3.05) is 18.2 Å². The van der Waals surface area contributed by atoms with Gasteiger partial charge in [-0.25, -0.2) is 0 Å². The normalized spacial score (nSPS) is 25.7. The van der Waals surface area contributed by atoms with Crippen molar-refractivity contribution in [2.45, 2.75) is 30.8 Å². The smallest absolute Gasteiger partial charge is 0.316 e. The molecule has 128 valence electrons. The Labute approximate surface area is 143 Å². The molecule has 0 aliphatic carbocycles. The molecule has 1 aliphatic rings. The van der Waals surface area contributed by atoms with Crippen LogP contribution in [-0.2, 0) is 15.3 Å². The lowest BCUT2D eigenvalue weighted by Crippen LogP contribution is -2.52. The van der Waals surface area contributed by atoms with Crippen molar-refractivity contribution in [3.05, 3.63) is 30.1 Å². The number of ether oxygens (including phenoxy) is 1. The minimum atomic E-state index is -1.58. The van der Waals surface area contributed by atoms with Crippen LogP contribution >= 0.6 is 11.8 Å². The van der Waals surface area contributed by atoms with Gasteiger partial charge in [0.1, 0.15) is 5.92 Å². The Hall–Kier alpha value is -2.13. The lowest BCUT2D eigenvalue weighted by Gasteiger charge is -2.41. The standard InChI is InChI=1S/C15H19N5O3S/c1-4-23-12(21)10-11(9-5-7-16-8-6-9)17-13-18-14(24-3)19-20(13)15(10,2)22/h5-8,10-11,22H,4H2,1-3H3,(H,17,18,19). The summed E-state index contributed by atoms with van der Waals surface area (Å²) in [6.45, 7) is 3.51. The average Bonchev–Trinajstić information content (AvgIpc) is 2.99. The van der Waals surface area contributed by atoms with Gasteiger partial charge in [-0.1, -0.05) is 11.8 Å². The number of carbonyl (C=O) groups is 1. The van der Waals surface area contributed by atoms with Crippen LogP contribution in [0.1, 0.15) is 25.5 Å². The molecule has 0 fully saturated rings. The quantitative estimate of drug-likeness (QED) is 0.631. The van der Waals surface area contributed by atoms with E-state index in [1.807, 2.05) is 6.26 Å². The summed E-state index contributed by atoms with van der Waals surface area (Å²) in [5.74, 6) is -0.973. The Morgan fingerprint density at radius 1 is 1.50 bits per heavy atom. The largest absolute Gasteiger partial charge is 0.466 e. The molecule has 3 rings (SSSR count). The summed E-state index contributed by atoms with van der Waals surface area (Å²) >= 11 is 1.36. The lowest BCUT2D eigenvalue weighted by molar-refractivity contribution is -0.171. The number of rotatable bonds is 4. The minimum Gasteiger partial charge on any atom is -0.466 e. The predicted molar refractivity (Wildman–Crippen MR) is 88.4 cm³/mol. The van der Waals surface area contributed by atoms with Crippen molar-refractivity contribution in [1.82, 2.24) is 19.7 Å². The molecule has 0 spiro atoms. The number of pyridine rings is 1. The first-order valence-electron chi connectivity index (χ1n) is 7.56. The summed E-state index contributed by atoms with van der Waals surface area (Å²) in [6, 6.07) is 3.08. The van der Waals surface area contributed by atoms with Gasteiger partial charge in [-0.2, -0.15) is 9.67 Å². The maximum atomic E-state index is 12.6. The number of hydrogen-bond acceptors (Lipinski definition) is 8. The van der Waals surface area contributed by atoms with E-state index >= 15 is 0 Å². The van der Waals surface area contributed by atoms with E-state index in [0.29, 0.717) is 11.1 Å². The predicted octanol–water partition coefficient (Wildman–Crippen LogP) is 1.41. The van der Waals surface area contributed by atoms with Gasteiger partial charge in [-0.05, 0) is 37.8 Å². The number of fused-ring (bicyclic) bond motifs is 1. The monoisotopic (exact) mass is 349 g/mol. The highest BCUT2D eigenvalue weighted by atomic mass is 32.2. The van der Waals surface area contributed by atoms with Gasteiger partial charge < -0.3 is 15.2 Å². The molecule has 1 aliphatic heterocycles. The molecular formula is C15H19N5O3S. The molecule has 0 bridgehead atoms. The Kier molecular flexibility index (Phi) is 4.46. The lowest BCUT2D eigenvalue weighted by atomic mass is 9.84. The molecule has 3 atom stereocenters. The third kappa shape index (κ3) is 2.73. The number of nitrogens with zero attached hydrogens (tertiary/aromatic N) is 4. The average molecular weight is 349 g/mol. The van der Waals surface area contributed by atoms with E-state index in [-0.39, 0.29) is 6.61 Å². The van der Waals surface area contributed by atoms with Gasteiger partial charge in [0.05, 0.1) is 12.6 Å². The van der Waals surface area contributed by atoms with Crippen LogP contribution in [0, 0.1) is 5.92 Å². The number of hydrogen-bond donors (Lipinski definition) is 2. The van der Waals surface area contributed by atoms with Crippen molar-refractivity contribution in [3.8, 4) is 0 Å². The number of aliphatic hydroxyl groups is 1. The Balaban J connectivity index is 2.11. The van der Waals surface area contributed by atoms with Gasteiger partial charge in [0.25, 0.3) is 0 Å². The first kappa shape index (κ1) is 16.7.